The minimum atomic E-state index is 0.0505. The van der Waals surface area contributed by atoms with Crippen LogP contribution < -0.4 is 10.2 Å². The number of pyridine rings is 1. The zero-order valence-corrected chi connectivity index (χ0v) is 16.7. The summed E-state index contributed by atoms with van der Waals surface area (Å²) in [4.78, 5) is 21.5. The predicted molar refractivity (Wildman–Crippen MR) is 113 cm³/mol. The number of carbonyl (C=O) groups excluding carboxylic acids is 1. The summed E-state index contributed by atoms with van der Waals surface area (Å²) in [5, 5.41) is 3.19. The molecule has 4 rings (SSSR count). The summed E-state index contributed by atoms with van der Waals surface area (Å²) in [6.07, 6.45) is 6.77. The third kappa shape index (κ3) is 4.53. The SMILES string of the molecule is C[C@@H](NC(=O)CN1CCN(c2ccccn2)CC1)c1ccc2c(c1)CCCC2. The van der Waals surface area contributed by atoms with Crippen molar-refractivity contribution in [3.05, 3.63) is 59.3 Å². The molecule has 0 unspecified atom stereocenters. The number of piperazine rings is 1. The molecule has 0 saturated carbocycles. The van der Waals surface area contributed by atoms with Gasteiger partial charge in [-0.2, -0.15) is 0 Å². The van der Waals surface area contributed by atoms with E-state index in [4.69, 9.17) is 0 Å². The highest BCUT2D eigenvalue weighted by Gasteiger charge is 2.21. The van der Waals surface area contributed by atoms with Gasteiger partial charge in [-0.3, -0.25) is 9.69 Å². The molecule has 5 nitrogen and oxygen atoms in total. The maximum atomic E-state index is 12.6. The van der Waals surface area contributed by atoms with Gasteiger partial charge in [-0.15, -0.1) is 0 Å². The van der Waals surface area contributed by atoms with Crippen molar-refractivity contribution < 1.29 is 4.79 Å². The molecule has 2 aromatic rings. The fraction of sp³-hybridized carbons (Fsp3) is 0.478. The van der Waals surface area contributed by atoms with Crippen LogP contribution in [0.1, 0.15) is 42.5 Å². The summed E-state index contributed by atoms with van der Waals surface area (Å²) in [5.74, 6) is 1.13. The molecule has 1 aromatic carbocycles. The standard InChI is InChI=1S/C23H30N4O/c1-18(20-10-9-19-6-2-3-7-21(19)16-20)25-23(28)17-26-12-14-27(15-13-26)22-8-4-5-11-24-22/h4-5,8-11,16,18H,2-3,6-7,12-15,17H2,1H3,(H,25,28)/t18-/m1/s1. The molecular weight excluding hydrogens is 348 g/mol. The van der Waals surface area contributed by atoms with Crippen LogP contribution in [0.3, 0.4) is 0 Å². The van der Waals surface area contributed by atoms with Crippen LogP contribution in [0.4, 0.5) is 5.82 Å². The molecule has 2 aliphatic rings. The van der Waals surface area contributed by atoms with E-state index in [2.05, 4.69) is 45.2 Å². The molecule has 1 fully saturated rings. The number of aromatic nitrogens is 1. The zero-order chi connectivity index (χ0) is 19.3. The number of anilines is 1. The van der Waals surface area contributed by atoms with Crippen molar-refractivity contribution in [1.29, 1.82) is 0 Å². The zero-order valence-electron chi connectivity index (χ0n) is 16.7. The molecule has 1 amide bonds. The number of benzene rings is 1. The molecule has 5 heteroatoms. The molecule has 0 spiro atoms. The molecule has 1 aromatic heterocycles. The van der Waals surface area contributed by atoms with E-state index in [1.54, 1.807) is 0 Å². The molecule has 0 bridgehead atoms. The Kier molecular flexibility index (Phi) is 5.91. The first-order chi connectivity index (χ1) is 13.7. The van der Waals surface area contributed by atoms with Crippen LogP contribution in [0, 0.1) is 0 Å². The van der Waals surface area contributed by atoms with Crippen molar-refractivity contribution in [3.63, 3.8) is 0 Å². The summed E-state index contributed by atoms with van der Waals surface area (Å²) in [6, 6.07) is 12.8. The molecule has 1 aliphatic heterocycles. The summed E-state index contributed by atoms with van der Waals surface area (Å²) in [6.45, 7) is 6.14. The fourth-order valence-corrected chi connectivity index (χ4v) is 4.27. The van der Waals surface area contributed by atoms with Gasteiger partial charge in [0.05, 0.1) is 12.6 Å². The van der Waals surface area contributed by atoms with Crippen molar-refractivity contribution in [2.45, 2.75) is 38.6 Å². The summed E-state index contributed by atoms with van der Waals surface area (Å²) >= 11 is 0. The van der Waals surface area contributed by atoms with E-state index in [0.717, 1.165) is 32.0 Å². The third-order valence-electron chi connectivity index (χ3n) is 5.96. The van der Waals surface area contributed by atoms with E-state index < -0.39 is 0 Å². The lowest BCUT2D eigenvalue weighted by Gasteiger charge is -2.35. The summed E-state index contributed by atoms with van der Waals surface area (Å²) in [5.41, 5.74) is 4.17. The first-order valence-corrected chi connectivity index (χ1v) is 10.5. The second-order valence-corrected chi connectivity index (χ2v) is 7.98. The van der Waals surface area contributed by atoms with Gasteiger partial charge in [0.25, 0.3) is 0 Å². The average Bonchev–Trinajstić information content (AvgIpc) is 2.74. The Balaban J connectivity index is 1.27. The largest absolute Gasteiger partial charge is 0.354 e. The van der Waals surface area contributed by atoms with Crippen LogP contribution in [0.25, 0.3) is 0 Å². The van der Waals surface area contributed by atoms with Gasteiger partial charge < -0.3 is 10.2 Å². The van der Waals surface area contributed by atoms with Crippen LogP contribution in [0.15, 0.2) is 42.6 Å². The van der Waals surface area contributed by atoms with Crippen LogP contribution >= 0.6 is 0 Å². The smallest absolute Gasteiger partial charge is 0.234 e. The van der Waals surface area contributed by atoms with E-state index in [9.17, 15) is 4.79 Å². The molecule has 2 heterocycles. The van der Waals surface area contributed by atoms with Gasteiger partial charge >= 0.3 is 0 Å². The Morgan fingerprint density at radius 3 is 2.61 bits per heavy atom. The number of nitrogens with zero attached hydrogens (tertiary/aromatic N) is 3. The van der Waals surface area contributed by atoms with Crippen molar-refractivity contribution in [3.8, 4) is 0 Å². The van der Waals surface area contributed by atoms with Crippen molar-refractivity contribution >= 4 is 11.7 Å². The van der Waals surface area contributed by atoms with Gasteiger partial charge in [0.15, 0.2) is 0 Å². The molecule has 148 valence electrons. The number of rotatable bonds is 5. The van der Waals surface area contributed by atoms with Gasteiger partial charge in [-0.25, -0.2) is 4.98 Å². The maximum absolute atomic E-state index is 12.6. The molecule has 1 N–H and O–H groups in total. The minimum absolute atomic E-state index is 0.0505. The van der Waals surface area contributed by atoms with Crippen LogP contribution in [0.5, 0.6) is 0 Å². The van der Waals surface area contributed by atoms with Gasteiger partial charge in [0.2, 0.25) is 5.91 Å². The number of carbonyl (C=O) groups is 1. The van der Waals surface area contributed by atoms with E-state index in [-0.39, 0.29) is 11.9 Å². The number of fused-ring (bicyclic) bond motifs is 1. The topological polar surface area (TPSA) is 48.5 Å². The monoisotopic (exact) mass is 378 g/mol. The van der Waals surface area contributed by atoms with Crippen LogP contribution in [0.2, 0.25) is 0 Å². The minimum Gasteiger partial charge on any atom is -0.354 e. The molecule has 1 aliphatic carbocycles. The first-order valence-electron chi connectivity index (χ1n) is 10.5. The highest BCUT2D eigenvalue weighted by atomic mass is 16.2. The van der Waals surface area contributed by atoms with E-state index in [1.807, 2.05) is 24.4 Å². The third-order valence-corrected chi connectivity index (χ3v) is 5.96. The maximum Gasteiger partial charge on any atom is 0.234 e. The number of hydrogen-bond donors (Lipinski definition) is 1. The number of aryl methyl sites for hydroxylation is 2. The second-order valence-electron chi connectivity index (χ2n) is 7.98. The number of nitrogens with one attached hydrogen (secondary N) is 1. The van der Waals surface area contributed by atoms with Gasteiger partial charge in [0, 0.05) is 32.4 Å². The lowest BCUT2D eigenvalue weighted by Crippen LogP contribution is -2.49. The number of hydrogen-bond acceptors (Lipinski definition) is 4. The predicted octanol–water partition coefficient (Wildman–Crippen LogP) is 2.96. The molecule has 0 radical (unpaired) electrons. The van der Waals surface area contributed by atoms with Crippen LogP contribution in [-0.2, 0) is 17.6 Å². The van der Waals surface area contributed by atoms with E-state index in [1.165, 1.54) is 42.4 Å². The Bertz CT molecular complexity index is 800. The average molecular weight is 379 g/mol. The van der Waals surface area contributed by atoms with Gasteiger partial charge in [-0.05, 0) is 61.4 Å². The Labute approximate surface area is 167 Å². The quantitative estimate of drug-likeness (QED) is 0.869. The second kappa shape index (κ2) is 8.74. The van der Waals surface area contributed by atoms with Crippen molar-refractivity contribution in [2.24, 2.45) is 0 Å². The highest BCUT2D eigenvalue weighted by molar-refractivity contribution is 5.78. The Hall–Kier alpha value is -2.40. The van der Waals surface area contributed by atoms with Crippen molar-refractivity contribution in [2.75, 3.05) is 37.6 Å². The first kappa shape index (κ1) is 18.9. The van der Waals surface area contributed by atoms with E-state index >= 15 is 0 Å². The lowest BCUT2D eigenvalue weighted by molar-refractivity contribution is -0.123. The highest BCUT2D eigenvalue weighted by Crippen LogP contribution is 2.24. The summed E-state index contributed by atoms with van der Waals surface area (Å²) < 4.78 is 0. The molecular formula is C23H30N4O. The van der Waals surface area contributed by atoms with Gasteiger partial charge in [-0.1, -0.05) is 24.3 Å². The fourth-order valence-electron chi connectivity index (χ4n) is 4.27. The van der Waals surface area contributed by atoms with Crippen LogP contribution in [-0.4, -0.2) is 48.5 Å². The normalized spacial score (nSPS) is 18.4. The molecule has 1 saturated heterocycles. The lowest BCUT2D eigenvalue weighted by atomic mass is 9.89. The number of amides is 1. The molecule has 1 atom stereocenters. The van der Waals surface area contributed by atoms with E-state index in [0.29, 0.717) is 6.54 Å². The molecule has 28 heavy (non-hydrogen) atoms. The summed E-state index contributed by atoms with van der Waals surface area (Å²) in [7, 11) is 0. The Morgan fingerprint density at radius 1 is 1.07 bits per heavy atom. The Morgan fingerprint density at radius 2 is 1.86 bits per heavy atom. The van der Waals surface area contributed by atoms with Gasteiger partial charge in [0.1, 0.15) is 5.82 Å². The van der Waals surface area contributed by atoms with Crippen molar-refractivity contribution in [1.82, 2.24) is 15.2 Å².